The number of hydrogen-bond acceptors (Lipinski definition) is 15. The topological polar surface area (TPSA) is 181 Å². The Morgan fingerprint density at radius 3 is 1.79 bits per heavy atom. The van der Waals surface area contributed by atoms with Gasteiger partial charge in [0.1, 0.15) is 30.5 Å². The van der Waals surface area contributed by atoms with Gasteiger partial charge in [-0.1, -0.05) is 55.5 Å². The van der Waals surface area contributed by atoms with Crippen LogP contribution in [0.25, 0.3) is 0 Å². The van der Waals surface area contributed by atoms with Crippen molar-refractivity contribution in [1.29, 1.82) is 0 Å². The summed E-state index contributed by atoms with van der Waals surface area (Å²) in [7, 11) is 7.67. The molecule has 4 aliphatic heterocycles. The number of phenolic OH excluding ortho intramolecular Hbond substituents is 1. The molecule has 2 spiro atoms. The number of methoxy groups -OCH3 is 2. The third-order valence-electron chi connectivity index (χ3n) is 13.6. The second kappa shape index (κ2) is 24.2. The molecule has 4 bridgehead atoms. The van der Waals surface area contributed by atoms with E-state index in [1.165, 1.54) is 22.3 Å². The summed E-state index contributed by atoms with van der Waals surface area (Å²) in [6.07, 6.45) is 10.5. The second-order valence-electron chi connectivity index (χ2n) is 16.2. The van der Waals surface area contributed by atoms with Gasteiger partial charge >= 0.3 is 103 Å². The summed E-state index contributed by atoms with van der Waals surface area (Å²) in [4.78, 5) is 16.1. The van der Waals surface area contributed by atoms with Crippen LogP contribution in [0, 0.1) is 11.8 Å². The number of likely N-dealkylation sites (N-methyl/N-ethyl adjacent to an activating group) is 2. The average molecular weight is 940 g/mol. The van der Waals surface area contributed by atoms with Crippen LogP contribution in [0.5, 0.6) is 23.0 Å². The van der Waals surface area contributed by atoms with E-state index >= 15 is 0 Å². The largest absolute Gasteiger partial charge is 1.00 e. The van der Waals surface area contributed by atoms with Gasteiger partial charge in [-0.3, -0.25) is 4.79 Å². The van der Waals surface area contributed by atoms with Gasteiger partial charge in [-0.05, 0) is 76.1 Å². The number of carbonyl (C=O) groups is 1. The minimum Gasteiger partial charge on any atom is -1.00 e. The summed E-state index contributed by atoms with van der Waals surface area (Å²) in [5, 5.41) is 39.8. The third kappa shape index (κ3) is 10.00. The van der Waals surface area contributed by atoms with E-state index in [-0.39, 0.29) is 160 Å². The van der Waals surface area contributed by atoms with Gasteiger partial charge in [0, 0.05) is 60.1 Å². The molecule has 0 amide bonds. The molecule has 8 aliphatic rings. The normalized spacial score (nSPS) is 31.4. The maximum absolute atomic E-state index is 10.7. The molecule has 15 nitrogen and oxygen atoms in total. The monoisotopic (exact) mass is 938 g/mol. The van der Waals surface area contributed by atoms with E-state index < -0.39 is 12.2 Å². The summed E-state index contributed by atoms with van der Waals surface area (Å²) < 4.78 is 38.2. The Hall–Kier alpha value is -0.207. The first-order chi connectivity index (χ1) is 28.6. The molecule has 0 saturated carbocycles. The van der Waals surface area contributed by atoms with Crippen LogP contribution in [0.4, 0.5) is 0 Å². The van der Waals surface area contributed by atoms with Crippen LogP contribution >= 0.6 is 11.6 Å². The Morgan fingerprint density at radius 2 is 1.29 bits per heavy atom. The van der Waals surface area contributed by atoms with Crippen molar-refractivity contribution in [1.82, 2.24) is 9.80 Å². The molecule has 2 saturated heterocycles. The van der Waals surface area contributed by atoms with Crippen molar-refractivity contribution in [2.45, 2.75) is 80.4 Å². The summed E-state index contributed by atoms with van der Waals surface area (Å²) in [6.45, 7) is 4.24. The van der Waals surface area contributed by atoms with Gasteiger partial charge in [0.25, 0.3) is 6.47 Å². The Balaban J connectivity index is 0.000000262. The van der Waals surface area contributed by atoms with Crippen LogP contribution in [0.1, 0.15) is 43.9 Å². The molecule has 0 aromatic heterocycles. The van der Waals surface area contributed by atoms with E-state index in [0.717, 1.165) is 44.5 Å². The van der Waals surface area contributed by atoms with Crippen LogP contribution in [0.15, 0.2) is 48.6 Å². The molecule has 2 unspecified atom stereocenters. The first-order valence-corrected chi connectivity index (χ1v) is 20.7. The van der Waals surface area contributed by atoms with Crippen LogP contribution in [0.3, 0.4) is 0 Å². The number of ether oxygens (including phenoxy) is 7. The first-order valence-electron chi connectivity index (χ1n) is 20.1. The number of alkyl halides is 1. The van der Waals surface area contributed by atoms with Crippen molar-refractivity contribution in [3.8, 4) is 23.0 Å². The quantitative estimate of drug-likeness (QED) is 0.0299. The molecule has 334 valence electrons. The molecule has 10 rings (SSSR count). The fourth-order valence-electron chi connectivity index (χ4n) is 11.1. The molecule has 2 aromatic rings. The van der Waals surface area contributed by atoms with Crippen LogP contribution in [-0.4, -0.2) is 149 Å². The predicted octanol–water partition coefficient (Wildman–Crippen LogP) is -3.27. The molecule has 4 heterocycles. The number of aliphatic hydroxyl groups excluding tert-OH is 2. The summed E-state index contributed by atoms with van der Waals surface area (Å²) in [5.41, 5.74) is 4.73. The second-order valence-corrected chi connectivity index (χ2v) is 16.4. The van der Waals surface area contributed by atoms with Crippen molar-refractivity contribution in [3.05, 3.63) is 70.8 Å². The molecule has 0 radical (unpaired) electrons. The average Bonchev–Trinajstić information content (AvgIpc) is 3.79. The fraction of sp³-hybridized carbons (Fsp3) is 0.614. The van der Waals surface area contributed by atoms with E-state index in [9.17, 15) is 15.3 Å². The molecular weight excluding hydrogens is 878 g/mol. The van der Waals surface area contributed by atoms with Crippen LogP contribution in [0.2, 0.25) is 0 Å². The van der Waals surface area contributed by atoms with Gasteiger partial charge < -0.3 is 69.8 Å². The molecule has 10 atom stereocenters. The van der Waals surface area contributed by atoms with E-state index in [1.807, 2.05) is 24.3 Å². The predicted molar refractivity (Wildman–Crippen MR) is 220 cm³/mol. The molecule has 62 heavy (non-hydrogen) atoms. The van der Waals surface area contributed by atoms with E-state index in [4.69, 9.17) is 50.1 Å². The maximum Gasteiger partial charge on any atom is 1.00 e. The Kier molecular flexibility index (Phi) is 21.2. The maximum atomic E-state index is 10.7. The van der Waals surface area contributed by atoms with Crippen molar-refractivity contribution in [2.75, 3.05) is 80.7 Å². The SMILES string of the molecule is C.CN1CC[C@]23c4c5ccc(O)c4O[C@H]2[C@@H](O)C=CC3[C@H]1C5.COCCOCCl.COCCOCOc1ccc2c3c1O[C@H]1[C@@H](O)C=CC4[C@@H](C2)N(C)CC[C@@]341.O=CO[O-].[H-].[K+].[K+]. The number of halogens is 1. The molecule has 18 heteroatoms. The molecule has 2 fully saturated rings. The summed E-state index contributed by atoms with van der Waals surface area (Å²) in [6, 6.07) is 9.09. The number of benzene rings is 2. The third-order valence-corrected chi connectivity index (χ3v) is 13.7. The molecular formula is C44H61ClK2N2O13. The Bertz CT molecular complexity index is 1870. The van der Waals surface area contributed by atoms with Gasteiger partial charge in [0.2, 0.25) is 0 Å². The molecule has 4 aliphatic carbocycles. The van der Waals surface area contributed by atoms with E-state index in [2.05, 4.69) is 51.7 Å². The van der Waals surface area contributed by atoms with Gasteiger partial charge in [-0.25, -0.2) is 0 Å². The van der Waals surface area contributed by atoms with Gasteiger partial charge in [-0.15, -0.1) is 0 Å². The van der Waals surface area contributed by atoms with Crippen molar-refractivity contribution < 1.29 is 168 Å². The zero-order valence-electron chi connectivity index (χ0n) is 37.0. The Labute approximate surface area is 456 Å². The Morgan fingerprint density at radius 1 is 0.806 bits per heavy atom. The van der Waals surface area contributed by atoms with Crippen LogP contribution in [-0.2, 0) is 52.3 Å². The van der Waals surface area contributed by atoms with Gasteiger partial charge in [-0.2, -0.15) is 0 Å². The number of hydrogen-bond donors (Lipinski definition) is 3. The number of phenols is 1. The van der Waals surface area contributed by atoms with Crippen molar-refractivity contribution in [2.24, 2.45) is 11.8 Å². The van der Waals surface area contributed by atoms with E-state index in [1.54, 1.807) is 20.3 Å². The number of aliphatic hydroxyl groups is 2. The van der Waals surface area contributed by atoms with Gasteiger partial charge in [0.05, 0.1) is 26.4 Å². The standard InChI is InChI=1S/C21H27NO5.C17H19NO3.C4H9ClO2.CH2O3.CH4.2K.H/c1-22-8-7-21-14-4-5-16(23)20(21)27-19-17(26-12-25-10-9-24-2)6-3-13(18(19)21)11-15(14)22;1-18-7-6-17-10-3-5-13(20)16(17)21-15-12(19)4-2-9(14(15)17)8-11(10)18;1-6-2-3-7-4-5;2-1-4-3;;;;/h3-6,14-16,20,23H,7-12H2,1-2H3;2-5,10-11,13,16,19-20H,6-8H2,1H3;2-4H2,1H3;1,3H;1H4;;;/q;;;;;2*+1;-1/p-1/t14?,15-,16+,20+,21+;10?,11-,13+,16+,17+;;;;;;/m11....../s1. The van der Waals surface area contributed by atoms with Crippen molar-refractivity contribution in [3.63, 3.8) is 0 Å². The van der Waals surface area contributed by atoms with Crippen LogP contribution < -0.4 is 122 Å². The van der Waals surface area contributed by atoms with Gasteiger partial charge in [0.15, 0.2) is 29.8 Å². The minimum atomic E-state index is -0.594. The minimum absolute atomic E-state index is 0. The number of likely N-dealkylation sites (tertiary alicyclic amines) is 2. The fourth-order valence-corrected chi connectivity index (χ4v) is 11.2. The zero-order chi connectivity index (χ0) is 41.9. The summed E-state index contributed by atoms with van der Waals surface area (Å²) >= 11 is 5.16. The number of carbonyl (C=O) groups excluding carboxylic acids is 1. The molecule has 2 aromatic carbocycles. The first kappa shape index (κ1) is 54.4. The van der Waals surface area contributed by atoms with Crippen molar-refractivity contribution >= 4 is 18.1 Å². The van der Waals surface area contributed by atoms with E-state index in [0.29, 0.717) is 61.8 Å². The summed E-state index contributed by atoms with van der Waals surface area (Å²) in [5.74, 6) is 3.07. The number of piperidine rings is 2. The number of rotatable bonds is 11. The zero-order valence-corrected chi connectivity index (χ0v) is 43.0. The number of nitrogens with zero attached hydrogens (tertiary/aromatic N) is 2. The molecule has 3 N–H and O–H groups in total. The number of aromatic hydroxyl groups is 1. The smallest absolute Gasteiger partial charge is 1.00 e.